The van der Waals surface area contributed by atoms with Gasteiger partial charge in [0, 0.05) is 106 Å². The van der Waals surface area contributed by atoms with Gasteiger partial charge in [-0.2, -0.15) is 0 Å². The average molecular weight is 880 g/mol. The second-order valence-electron chi connectivity index (χ2n) is 19.2. The first kappa shape index (κ1) is 43.9. The predicted molar refractivity (Wildman–Crippen MR) is 256 cm³/mol. The molecule has 0 bridgehead atoms. The van der Waals surface area contributed by atoms with E-state index in [0.29, 0.717) is 64.8 Å². The molecule has 1 aliphatic carbocycles. The van der Waals surface area contributed by atoms with Crippen molar-refractivity contribution < 1.29 is 14.7 Å². The first-order chi connectivity index (χ1) is 31.2. The van der Waals surface area contributed by atoms with Crippen molar-refractivity contribution >= 4 is 46.2 Å². The van der Waals surface area contributed by atoms with Gasteiger partial charge in [-0.15, -0.1) is 0 Å². The van der Waals surface area contributed by atoms with E-state index in [9.17, 15) is 19.5 Å². The zero-order chi connectivity index (χ0) is 45.7. The van der Waals surface area contributed by atoms with Gasteiger partial charge in [0.25, 0.3) is 11.5 Å². The van der Waals surface area contributed by atoms with Crippen LogP contribution >= 0.6 is 0 Å². The smallest absolute Gasteiger partial charge is 0.293 e. The first-order valence-corrected chi connectivity index (χ1v) is 23.0. The fourth-order valence-corrected chi connectivity index (χ4v) is 10.4. The van der Waals surface area contributed by atoms with E-state index in [2.05, 4.69) is 88.2 Å². The maximum Gasteiger partial charge on any atom is 0.293 e. The molecule has 65 heavy (non-hydrogen) atoms. The number of piperidine rings is 1. The van der Waals surface area contributed by atoms with E-state index in [0.717, 1.165) is 69.8 Å². The van der Waals surface area contributed by atoms with Gasteiger partial charge < -0.3 is 34.7 Å². The molecule has 3 aliphatic heterocycles. The van der Waals surface area contributed by atoms with E-state index in [1.54, 1.807) is 30.4 Å². The number of fused-ring (bicyclic) bond motifs is 3. The number of carbonyl (C=O) groups excluding carboxylic acids is 2. The summed E-state index contributed by atoms with van der Waals surface area (Å²) < 4.78 is 3.59. The minimum Gasteiger partial charge on any atom is -0.392 e. The third-order valence-corrected chi connectivity index (χ3v) is 13.8. The lowest BCUT2D eigenvalue weighted by Gasteiger charge is -2.47. The number of aliphatic hydroxyl groups is 1. The van der Waals surface area contributed by atoms with Crippen molar-refractivity contribution in [2.24, 2.45) is 12.5 Å². The lowest BCUT2D eigenvalue weighted by Crippen LogP contribution is -2.57. The lowest BCUT2D eigenvalue weighted by molar-refractivity contribution is -0.111. The normalized spacial score (nSPS) is 18.8. The number of hydrogen-bond donors (Lipinski definition) is 3. The van der Waals surface area contributed by atoms with E-state index in [-0.39, 0.29) is 34.6 Å². The summed E-state index contributed by atoms with van der Waals surface area (Å²) in [6.45, 7) is 20.0. The molecule has 1 unspecified atom stereocenters. The molecule has 2 saturated heterocycles. The Kier molecular flexibility index (Phi) is 11.9. The molecule has 2 amide bonds. The second kappa shape index (κ2) is 17.6. The molecule has 0 spiro atoms. The number of piperazine rings is 1. The Hall–Kier alpha value is -6.32. The number of hydrogen-bond acceptors (Lipinski definition) is 11. The average Bonchev–Trinajstić information content (AvgIpc) is 3.80. The fourth-order valence-electron chi connectivity index (χ4n) is 10.4. The number of benzene rings is 1. The third kappa shape index (κ3) is 8.54. The molecule has 9 rings (SSSR count). The monoisotopic (exact) mass is 879 g/mol. The number of aliphatic hydroxyl groups excluding tert-OH is 1. The molecular formula is C50H61N11O4. The predicted octanol–water partition coefficient (Wildman–Crippen LogP) is 6.49. The van der Waals surface area contributed by atoms with Crippen LogP contribution < -0.4 is 30.9 Å². The van der Waals surface area contributed by atoms with Gasteiger partial charge in [-0.3, -0.25) is 29.2 Å². The zero-order valence-electron chi connectivity index (χ0n) is 38.5. The molecule has 0 saturated carbocycles. The van der Waals surface area contributed by atoms with Crippen LogP contribution in [0.2, 0.25) is 0 Å². The van der Waals surface area contributed by atoms with Gasteiger partial charge in [-0.1, -0.05) is 34.3 Å². The number of rotatable bonds is 11. The molecule has 4 aliphatic rings. The number of pyridine rings is 2. The van der Waals surface area contributed by atoms with Crippen LogP contribution in [0.3, 0.4) is 0 Å². The molecule has 5 aromatic rings. The van der Waals surface area contributed by atoms with Crippen LogP contribution in [0.5, 0.6) is 0 Å². The largest absolute Gasteiger partial charge is 0.392 e. The van der Waals surface area contributed by atoms with E-state index in [1.807, 2.05) is 30.5 Å². The van der Waals surface area contributed by atoms with Gasteiger partial charge in [0.1, 0.15) is 11.5 Å². The van der Waals surface area contributed by atoms with Crippen LogP contribution in [0.4, 0.5) is 34.4 Å². The van der Waals surface area contributed by atoms with Crippen molar-refractivity contribution in [3.63, 3.8) is 0 Å². The molecular weight excluding hydrogens is 819 g/mol. The van der Waals surface area contributed by atoms with Gasteiger partial charge in [0.05, 0.1) is 35.6 Å². The number of nitrogens with zero attached hydrogens (tertiary/aromatic N) is 9. The van der Waals surface area contributed by atoms with Crippen molar-refractivity contribution in [1.82, 2.24) is 29.0 Å². The molecule has 15 heteroatoms. The summed E-state index contributed by atoms with van der Waals surface area (Å²) in [5.41, 5.74) is 8.64. The van der Waals surface area contributed by atoms with Crippen molar-refractivity contribution in [3.8, 4) is 11.3 Å². The van der Waals surface area contributed by atoms with Crippen molar-refractivity contribution in [2.75, 3.05) is 64.6 Å². The van der Waals surface area contributed by atoms with Crippen LogP contribution in [0, 0.1) is 5.41 Å². The fraction of sp³-hybridized carbons (Fsp3) is 0.440. The lowest BCUT2D eigenvalue weighted by atomic mass is 9.90. The minimum atomic E-state index is -0.396. The number of aryl methyl sites for hydroxylation is 1. The molecule has 2 fully saturated rings. The van der Waals surface area contributed by atoms with Crippen molar-refractivity contribution in [2.45, 2.75) is 91.5 Å². The maximum absolute atomic E-state index is 14.0. The zero-order valence-corrected chi connectivity index (χ0v) is 38.5. The van der Waals surface area contributed by atoms with Crippen molar-refractivity contribution in [3.05, 3.63) is 112 Å². The third-order valence-electron chi connectivity index (χ3n) is 13.8. The second-order valence-corrected chi connectivity index (χ2v) is 19.2. The maximum atomic E-state index is 14.0. The summed E-state index contributed by atoms with van der Waals surface area (Å²) in [4.78, 5) is 63.7. The Morgan fingerprint density at radius 3 is 2.51 bits per heavy atom. The highest BCUT2D eigenvalue weighted by Crippen LogP contribution is 2.40. The SMILES string of the molecule is C=CC(=O)Nc1cc(Nc2nc(-c3ccnc(N4CCn5c(cc6c5CC(C)(C)C6)C4=O)c3CO)cn(C)c2=O)ccc1N1CCN(C2CCN(c3ccc(C(C)C)nc3)CC2)CC1C. The first-order valence-electron chi connectivity index (χ1n) is 23.0. The Morgan fingerprint density at radius 2 is 1.80 bits per heavy atom. The summed E-state index contributed by atoms with van der Waals surface area (Å²) >= 11 is 0. The van der Waals surface area contributed by atoms with Gasteiger partial charge >= 0.3 is 0 Å². The summed E-state index contributed by atoms with van der Waals surface area (Å²) in [7, 11) is 1.65. The van der Waals surface area contributed by atoms with Gasteiger partial charge in [-0.05, 0) is 98.0 Å². The number of nitrogens with one attached hydrogen (secondary N) is 2. The molecule has 3 N–H and O–H groups in total. The molecule has 1 aromatic carbocycles. The highest BCUT2D eigenvalue weighted by molar-refractivity contribution is 6.06. The molecule has 0 radical (unpaired) electrons. The highest BCUT2D eigenvalue weighted by Gasteiger charge is 2.38. The van der Waals surface area contributed by atoms with Crippen LogP contribution in [-0.4, -0.2) is 97.3 Å². The molecule has 15 nitrogen and oxygen atoms in total. The van der Waals surface area contributed by atoms with Gasteiger partial charge in [0.15, 0.2) is 5.82 Å². The highest BCUT2D eigenvalue weighted by atomic mass is 16.3. The van der Waals surface area contributed by atoms with Crippen LogP contribution in [-0.2, 0) is 37.8 Å². The Labute approximate surface area is 380 Å². The number of amides is 2. The molecule has 7 heterocycles. The topological polar surface area (TPSA) is 157 Å². The minimum absolute atomic E-state index is 0.0576. The molecule has 4 aromatic heterocycles. The van der Waals surface area contributed by atoms with E-state index < -0.39 is 6.61 Å². The number of anilines is 6. The quantitative estimate of drug-likeness (QED) is 0.125. The van der Waals surface area contributed by atoms with Crippen LogP contribution in [0.25, 0.3) is 11.3 Å². The summed E-state index contributed by atoms with van der Waals surface area (Å²) in [5.74, 6) is 0.339. The van der Waals surface area contributed by atoms with Gasteiger partial charge in [0.2, 0.25) is 5.91 Å². The van der Waals surface area contributed by atoms with Crippen LogP contribution in [0.15, 0.2) is 78.5 Å². The van der Waals surface area contributed by atoms with Crippen molar-refractivity contribution in [1.29, 1.82) is 0 Å². The van der Waals surface area contributed by atoms with Crippen LogP contribution in [0.1, 0.15) is 86.4 Å². The number of aromatic nitrogens is 5. The van der Waals surface area contributed by atoms with E-state index in [4.69, 9.17) is 9.97 Å². The Morgan fingerprint density at radius 1 is 1.00 bits per heavy atom. The molecule has 340 valence electrons. The Balaban J connectivity index is 0.919. The van der Waals surface area contributed by atoms with E-state index in [1.165, 1.54) is 27.6 Å². The number of carbonyl (C=O) groups is 2. The summed E-state index contributed by atoms with van der Waals surface area (Å²) in [6, 6.07) is 14.5. The summed E-state index contributed by atoms with van der Waals surface area (Å²) in [6.07, 6.45) is 10.5. The Bertz CT molecular complexity index is 2700. The standard InChI is InChI=1S/C50H61N11O4/c1-8-45(63)54-40-24-34(9-12-42(40)59-20-19-58(28-32(59)4)35-14-17-57(18-15-35)36-10-11-39(31(2)3)52-27-36)53-46-49(65)56(7)29-41(55-46)37-13-16-51-47(38(37)30-62)61-22-21-60-43(48(61)64)23-33-25-50(5,6)26-44(33)60/h8-13,16,23-24,27,29,31-32,35,62H,1,14-15,17-22,25-26,28,30H2,2-7H3,(H,53,55)(H,54,63). The molecule has 1 atom stereocenters. The van der Waals surface area contributed by atoms with Gasteiger partial charge in [-0.25, -0.2) is 9.97 Å². The van der Waals surface area contributed by atoms with E-state index >= 15 is 0 Å². The summed E-state index contributed by atoms with van der Waals surface area (Å²) in [5, 5.41) is 17.1.